The van der Waals surface area contributed by atoms with Gasteiger partial charge in [-0.05, 0) is 37.3 Å². The summed E-state index contributed by atoms with van der Waals surface area (Å²) >= 11 is 5.95. The number of furan rings is 1. The molecule has 0 atom stereocenters. The summed E-state index contributed by atoms with van der Waals surface area (Å²) in [5.74, 6) is 0.0704. The van der Waals surface area contributed by atoms with E-state index in [1.807, 2.05) is 35.0 Å². The molecule has 4 nitrogen and oxygen atoms in total. The second kappa shape index (κ2) is 4.72. The molecule has 0 spiro atoms. The Bertz CT molecular complexity index is 801. The van der Waals surface area contributed by atoms with Crippen LogP contribution in [0.4, 0.5) is 0 Å². The molecule has 0 aliphatic carbocycles. The third-order valence-electron chi connectivity index (χ3n) is 3.26. The SMILES string of the molecule is Cc1oc(Cn2ccc3cc(Cl)ccc32)cc1C(=O)O. The number of hydrogen-bond acceptors (Lipinski definition) is 2. The molecule has 3 rings (SSSR count). The molecule has 0 aliphatic rings. The molecule has 0 unspecified atom stereocenters. The molecule has 0 amide bonds. The lowest BCUT2D eigenvalue weighted by molar-refractivity contribution is 0.0695. The van der Waals surface area contributed by atoms with Gasteiger partial charge >= 0.3 is 5.97 Å². The van der Waals surface area contributed by atoms with Crippen LogP contribution >= 0.6 is 11.6 Å². The molecule has 0 radical (unpaired) electrons. The maximum Gasteiger partial charge on any atom is 0.339 e. The fourth-order valence-corrected chi connectivity index (χ4v) is 2.49. The number of aromatic nitrogens is 1. The quantitative estimate of drug-likeness (QED) is 0.794. The van der Waals surface area contributed by atoms with Crippen LogP contribution in [0.1, 0.15) is 21.9 Å². The third kappa shape index (κ3) is 2.18. The van der Waals surface area contributed by atoms with Crippen molar-refractivity contribution in [3.05, 3.63) is 58.6 Å². The average Bonchev–Trinajstić information content (AvgIpc) is 2.94. The highest BCUT2D eigenvalue weighted by atomic mass is 35.5. The predicted octanol–water partition coefficient (Wildman–Crippen LogP) is 3.94. The van der Waals surface area contributed by atoms with Crippen LogP contribution in [0.25, 0.3) is 10.9 Å². The first-order valence-corrected chi connectivity index (χ1v) is 6.49. The molecule has 0 aliphatic heterocycles. The summed E-state index contributed by atoms with van der Waals surface area (Å²) in [6, 6.07) is 9.19. The number of aromatic carboxylic acids is 1. The first-order chi connectivity index (χ1) is 9.54. The highest BCUT2D eigenvalue weighted by molar-refractivity contribution is 6.31. The van der Waals surface area contributed by atoms with E-state index in [0.29, 0.717) is 23.1 Å². The van der Waals surface area contributed by atoms with Crippen LogP contribution in [-0.2, 0) is 6.54 Å². The summed E-state index contributed by atoms with van der Waals surface area (Å²) in [7, 11) is 0. The molecule has 0 fully saturated rings. The Kier molecular flexibility index (Phi) is 3.03. The third-order valence-corrected chi connectivity index (χ3v) is 3.49. The molecule has 20 heavy (non-hydrogen) atoms. The van der Waals surface area contributed by atoms with E-state index in [0.717, 1.165) is 10.9 Å². The predicted molar refractivity (Wildman–Crippen MR) is 76.5 cm³/mol. The van der Waals surface area contributed by atoms with E-state index in [1.54, 1.807) is 13.0 Å². The second-order valence-electron chi connectivity index (χ2n) is 4.63. The highest BCUT2D eigenvalue weighted by Gasteiger charge is 2.14. The van der Waals surface area contributed by atoms with Crippen molar-refractivity contribution in [1.29, 1.82) is 0 Å². The molecular formula is C15H12ClNO3. The minimum absolute atomic E-state index is 0.208. The Hall–Kier alpha value is -2.20. The maximum atomic E-state index is 11.0. The molecule has 2 heterocycles. The molecule has 5 heteroatoms. The van der Waals surface area contributed by atoms with Gasteiger partial charge < -0.3 is 14.1 Å². The van der Waals surface area contributed by atoms with Crippen molar-refractivity contribution in [3.63, 3.8) is 0 Å². The number of benzene rings is 1. The number of fused-ring (bicyclic) bond motifs is 1. The summed E-state index contributed by atoms with van der Waals surface area (Å²) < 4.78 is 7.49. The Morgan fingerprint density at radius 1 is 1.35 bits per heavy atom. The van der Waals surface area contributed by atoms with Gasteiger partial charge in [-0.1, -0.05) is 11.6 Å². The highest BCUT2D eigenvalue weighted by Crippen LogP contribution is 2.22. The Morgan fingerprint density at radius 2 is 2.15 bits per heavy atom. The van der Waals surface area contributed by atoms with Gasteiger partial charge in [0.1, 0.15) is 17.1 Å². The van der Waals surface area contributed by atoms with Gasteiger partial charge in [0.2, 0.25) is 0 Å². The number of hydrogen-bond donors (Lipinski definition) is 1. The fourth-order valence-electron chi connectivity index (χ4n) is 2.31. The minimum Gasteiger partial charge on any atom is -0.478 e. The monoisotopic (exact) mass is 289 g/mol. The van der Waals surface area contributed by atoms with Crippen LogP contribution < -0.4 is 0 Å². The molecular weight excluding hydrogens is 278 g/mol. The topological polar surface area (TPSA) is 55.4 Å². The van der Waals surface area contributed by atoms with E-state index in [1.165, 1.54) is 0 Å². The second-order valence-corrected chi connectivity index (χ2v) is 5.07. The van der Waals surface area contributed by atoms with Gasteiger partial charge in [-0.2, -0.15) is 0 Å². The average molecular weight is 290 g/mol. The summed E-state index contributed by atoms with van der Waals surface area (Å²) in [5.41, 5.74) is 1.24. The van der Waals surface area contributed by atoms with Crippen LogP contribution in [-0.4, -0.2) is 15.6 Å². The van der Waals surface area contributed by atoms with Crippen LogP contribution in [0.2, 0.25) is 5.02 Å². The molecule has 2 aromatic heterocycles. The molecule has 102 valence electrons. The van der Waals surface area contributed by atoms with Gasteiger partial charge in [-0.25, -0.2) is 4.79 Å². The van der Waals surface area contributed by atoms with Crippen LogP contribution in [0.5, 0.6) is 0 Å². The summed E-state index contributed by atoms with van der Waals surface area (Å²) in [5, 5.41) is 10.8. The number of aryl methyl sites for hydroxylation is 1. The van der Waals surface area contributed by atoms with Gasteiger partial charge in [0.25, 0.3) is 0 Å². The first kappa shape index (κ1) is 12.8. The van der Waals surface area contributed by atoms with Crippen molar-refractivity contribution in [3.8, 4) is 0 Å². The van der Waals surface area contributed by atoms with Crippen molar-refractivity contribution < 1.29 is 14.3 Å². The Morgan fingerprint density at radius 3 is 2.85 bits per heavy atom. The fraction of sp³-hybridized carbons (Fsp3) is 0.133. The van der Waals surface area contributed by atoms with Crippen LogP contribution in [0.3, 0.4) is 0 Å². The zero-order valence-corrected chi connectivity index (χ0v) is 11.5. The van der Waals surface area contributed by atoms with Crippen molar-refractivity contribution in [2.24, 2.45) is 0 Å². The molecule has 0 bridgehead atoms. The number of nitrogens with zero attached hydrogens (tertiary/aromatic N) is 1. The zero-order valence-electron chi connectivity index (χ0n) is 10.8. The van der Waals surface area contributed by atoms with Crippen molar-refractivity contribution >= 4 is 28.5 Å². The summed E-state index contributed by atoms with van der Waals surface area (Å²) in [6.07, 6.45) is 1.93. The van der Waals surface area contributed by atoms with E-state index in [-0.39, 0.29) is 5.56 Å². The molecule has 3 aromatic rings. The Labute approximate surface area is 120 Å². The lowest BCUT2D eigenvalue weighted by Crippen LogP contribution is -1.97. The van der Waals surface area contributed by atoms with E-state index in [4.69, 9.17) is 21.1 Å². The van der Waals surface area contributed by atoms with Crippen molar-refractivity contribution in [1.82, 2.24) is 4.57 Å². The van der Waals surface area contributed by atoms with Gasteiger partial charge in [-0.15, -0.1) is 0 Å². The van der Waals surface area contributed by atoms with E-state index in [9.17, 15) is 4.79 Å². The maximum absolute atomic E-state index is 11.0. The minimum atomic E-state index is -0.971. The smallest absolute Gasteiger partial charge is 0.339 e. The summed E-state index contributed by atoms with van der Waals surface area (Å²) in [6.45, 7) is 2.14. The lowest BCUT2D eigenvalue weighted by atomic mass is 10.2. The lowest BCUT2D eigenvalue weighted by Gasteiger charge is -2.02. The van der Waals surface area contributed by atoms with Gasteiger partial charge in [-0.3, -0.25) is 0 Å². The Balaban J connectivity index is 1.97. The normalized spacial score (nSPS) is 11.1. The number of carboxylic acids is 1. The molecule has 0 saturated carbocycles. The number of rotatable bonds is 3. The largest absolute Gasteiger partial charge is 0.478 e. The van der Waals surface area contributed by atoms with Crippen molar-refractivity contribution in [2.45, 2.75) is 13.5 Å². The molecule has 0 saturated heterocycles. The summed E-state index contributed by atoms with van der Waals surface area (Å²) in [4.78, 5) is 11.0. The molecule has 1 aromatic carbocycles. The zero-order chi connectivity index (χ0) is 14.3. The van der Waals surface area contributed by atoms with Gasteiger partial charge in [0.15, 0.2) is 0 Å². The first-order valence-electron chi connectivity index (χ1n) is 6.11. The van der Waals surface area contributed by atoms with E-state index >= 15 is 0 Å². The van der Waals surface area contributed by atoms with Gasteiger partial charge in [0.05, 0.1) is 6.54 Å². The van der Waals surface area contributed by atoms with Crippen molar-refractivity contribution in [2.75, 3.05) is 0 Å². The number of carboxylic acid groups (broad SMARTS) is 1. The number of carbonyl (C=O) groups is 1. The van der Waals surface area contributed by atoms with E-state index < -0.39 is 5.97 Å². The standard InChI is InChI=1S/C15H12ClNO3/c1-9-13(15(18)19)7-12(20-9)8-17-5-4-10-6-11(16)2-3-14(10)17/h2-7H,8H2,1H3,(H,18,19). The van der Waals surface area contributed by atoms with Crippen LogP contribution in [0, 0.1) is 6.92 Å². The van der Waals surface area contributed by atoms with E-state index in [2.05, 4.69) is 0 Å². The molecule has 1 N–H and O–H groups in total. The van der Waals surface area contributed by atoms with Gasteiger partial charge in [0, 0.05) is 22.1 Å². The number of halogens is 1. The van der Waals surface area contributed by atoms with Crippen LogP contribution in [0.15, 0.2) is 40.9 Å².